The highest BCUT2D eigenvalue weighted by Gasteiger charge is 2.12. The lowest BCUT2D eigenvalue weighted by atomic mass is 10.0. The summed E-state index contributed by atoms with van der Waals surface area (Å²) in [6, 6.07) is 7.74. The summed E-state index contributed by atoms with van der Waals surface area (Å²) in [5, 5.41) is 14.9. The number of nitrogens with zero attached hydrogens (tertiary/aromatic N) is 1. The molecular weight excluding hydrogens is 272 g/mol. The second-order valence-corrected chi connectivity index (χ2v) is 5.60. The molecule has 2 aromatic rings. The quantitative estimate of drug-likeness (QED) is 0.858. The average molecular weight is 293 g/mol. The van der Waals surface area contributed by atoms with Crippen molar-refractivity contribution in [3.63, 3.8) is 0 Å². The number of aliphatic hydroxyl groups excluding tert-OH is 1. The summed E-state index contributed by atoms with van der Waals surface area (Å²) < 4.78 is 0. The van der Waals surface area contributed by atoms with Gasteiger partial charge in [0.15, 0.2) is 0 Å². The molecule has 0 spiro atoms. The lowest BCUT2D eigenvalue weighted by Crippen LogP contribution is -2.31. The number of aromatic nitrogens is 1. The maximum Gasteiger partial charge on any atom is 0.0761 e. The van der Waals surface area contributed by atoms with Crippen molar-refractivity contribution >= 4 is 22.5 Å². The molecule has 0 aliphatic carbocycles. The first-order valence-corrected chi connectivity index (χ1v) is 7.42. The summed E-state index contributed by atoms with van der Waals surface area (Å²) in [5.41, 5.74) is 2.02. The van der Waals surface area contributed by atoms with Crippen molar-refractivity contribution in [2.75, 3.05) is 6.54 Å². The molecule has 2 unspecified atom stereocenters. The zero-order valence-corrected chi connectivity index (χ0v) is 12.7. The lowest BCUT2D eigenvalue weighted by Gasteiger charge is -2.18. The van der Waals surface area contributed by atoms with Crippen LogP contribution in [-0.4, -0.2) is 22.7 Å². The van der Waals surface area contributed by atoms with E-state index in [1.165, 1.54) is 0 Å². The standard InChI is InChI=1S/C16H21ClN2O/c1-3-11(2)15(20)10-18-9-12-6-7-14(17)13-5-4-8-19-16(12)13/h4-8,11,15,18,20H,3,9-10H2,1-2H3. The number of hydrogen-bond donors (Lipinski definition) is 2. The fourth-order valence-electron chi connectivity index (χ4n) is 2.17. The Bertz CT molecular complexity index is 573. The third kappa shape index (κ3) is 3.48. The third-order valence-electron chi connectivity index (χ3n) is 3.77. The van der Waals surface area contributed by atoms with E-state index >= 15 is 0 Å². The molecule has 2 N–H and O–H groups in total. The SMILES string of the molecule is CCC(C)C(O)CNCc1ccc(Cl)c2cccnc12. The first-order valence-electron chi connectivity index (χ1n) is 7.04. The van der Waals surface area contributed by atoms with Crippen LogP contribution in [0.4, 0.5) is 0 Å². The predicted octanol–water partition coefficient (Wildman–Crippen LogP) is 3.38. The molecule has 4 heteroatoms. The molecule has 0 aliphatic heterocycles. The van der Waals surface area contributed by atoms with Gasteiger partial charge in [0.2, 0.25) is 0 Å². The molecule has 108 valence electrons. The minimum atomic E-state index is -0.313. The largest absolute Gasteiger partial charge is 0.392 e. The highest BCUT2D eigenvalue weighted by molar-refractivity contribution is 6.35. The van der Waals surface area contributed by atoms with Crippen LogP contribution in [0, 0.1) is 5.92 Å². The van der Waals surface area contributed by atoms with Gasteiger partial charge in [-0.15, -0.1) is 0 Å². The number of aliphatic hydroxyl groups is 1. The Balaban J connectivity index is 2.06. The number of hydrogen-bond acceptors (Lipinski definition) is 3. The van der Waals surface area contributed by atoms with E-state index in [0.29, 0.717) is 19.0 Å². The van der Waals surface area contributed by atoms with Gasteiger partial charge < -0.3 is 10.4 Å². The van der Waals surface area contributed by atoms with Gasteiger partial charge in [0.25, 0.3) is 0 Å². The average Bonchev–Trinajstić information content (AvgIpc) is 2.49. The molecule has 2 atom stereocenters. The number of pyridine rings is 1. The normalized spacial score (nSPS) is 14.4. The fraction of sp³-hybridized carbons (Fsp3) is 0.438. The van der Waals surface area contributed by atoms with Crippen LogP contribution in [0.3, 0.4) is 0 Å². The highest BCUT2D eigenvalue weighted by Crippen LogP contribution is 2.24. The van der Waals surface area contributed by atoms with E-state index < -0.39 is 0 Å². The Hall–Kier alpha value is -1.16. The monoisotopic (exact) mass is 292 g/mol. The van der Waals surface area contributed by atoms with Crippen LogP contribution in [0.15, 0.2) is 30.5 Å². The zero-order valence-electron chi connectivity index (χ0n) is 11.9. The Morgan fingerprint density at radius 2 is 2.15 bits per heavy atom. The second-order valence-electron chi connectivity index (χ2n) is 5.19. The molecule has 3 nitrogen and oxygen atoms in total. The van der Waals surface area contributed by atoms with Crippen molar-refractivity contribution in [1.82, 2.24) is 10.3 Å². The van der Waals surface area contributed by atoms with Crippen LogP contribution in [0.5, 0.6) is 0 Å². The first kappa shape index (κ1) is 15.2. The molecule has 20 heavy (non-hydrogen) atoms. The number of nitrogens with one attached hydrogen (secondary N) is 1. The van der Waals surface area contributed by atoms with E-state index in [1.54, 1.807) is 6.20 Å². The lowest BCUT2D eigenvalue weighted by molar-refractivity contribution is 0.113. The van der Waals surface area contributed by atoms with Gasteiger partial charge in [0.1, 0.15) is 0 Å². The van der Waals surface area contributed by atoms with E-state index in [1.807, 2.05) is 24.3 Å². The van der Waals surface area contributed by atoms with E-state index in [4.69, 9.17) is 11.6 Å². The number of halogens is 1. The molecule has 0 radical (unpaired) electrons. The third-order valence-corrected chi connectivity index (χ3v) is 4.10. The topological polar surface area (TPSA) is 45.1 Å². The Morgan fingerprint density at radius 1 is 1.35 bits per heavy atom. The maximum atomic E-state index is 9.95. The summed E-state index contributed by atoms with van der Waals surface area (Å²) in [5.74, 6) is 0.308. The van der Waals surface area contributed by atoms with Crippen LogP contribution in [0.25, 0.3) is 10.9 Å². The maximum absolute atomic E-state index is 9.95. The fourth-order valence-corrected chi connectivity index (χ4v) is 2.38. The van der Waals surface area contributed by atoms with Crippen LogP contribution in [0.1, 0.15) is 25.8 Å². The summed E-state index contributed by atoms with van der Waals surface area (Å²) in [4.78, 5) is 4.40. The van der Waals surface area contributed by atoms with Gasteiger partial charge >= 0.3 is 0 Å². The van der Waals surface area contributed by atoms with Gasteiger partial charge in [0.05, 0.1) is 11.6 Å². The molecule has 1 aromatic heterocycles. The van der Waals surface area contributed by atoms with Crippen LogP contribution < -0.4 is 5.32 Å². The van der Waals surface area contributed by atoms with Crippen LogP contribution in [0.2, 0.25) is 5.02 Å². The number of fused-ring (bicyclic) bond motifs is 1. The van der Waals surface area contributed by atoms with Gasteiger partial charge in [-0.1, -0.05) is 37.9 Å². The molecule has 1 aromatic carbocycles. The van der Waals surface area contributed by atoms with Gasteiger partial charge in [-0.05, 0) is 29.7 Å². The summed E-state index contributed by atoms with van der Waals surface area (Å²) in [7, 11) is 0. The summed E-state index contributed by atoms with van der Waals surface area (Å²) >= 11 is 6.17. The van der Waals surface area contributed by atoms with Gasteiger partial charge in [-0.2, -0.15) is 0 Å². The van der Waals surface area contributed by atoms with Crippen molar-refractivity contribution in [3.8, 4) is 0 Å². The van der Waals surface area contributed by atoms with E-state index in [9.17, 15) is 5.11 Å². The van der Waals surface area contributed by atoms with E-state index in [-0.39, 0.29) is 6.10 Å². The van der Waals surface area contributed by atoms with Crippen molar-refractivity contribution in [3.05, 3.63) is 41.0 Å². The Morgan fingerprint density at radius 3 is 2.90 bits per heavy atom. The molecule has 2 rings (SSSR count). The molecule has 0 saturated heterocycles. The van der Waals surface area contributed by atoms with Crippen molar-refractivity contribution in [1.29, 1.82) is 0 Å². The summed E-state index contributed by atoms with van der Waals surface area (Å²) in [6.07, 6.45) is 2.44. The Kier molecular flexibility index (Phi) is 5.35. The first-order chi connectivity index (χ1) is 9.63. The van der Waals surface area contributed by atoms with E-state index in [2.05, 4.69) is 24.1 Å². The molecule has 0 amide bonds. The smallest absolute Gasteiger partial charge is 0.0761 e. The predicted molar refractivity (Wildman–Crippen MR) is 83.9 cm³/mol. The minimum absolute atomic E-state index is 0.308. The molecule has 0 bridgehead atoms. The number of benzene rings is 1. The van der Waals surface area contributed by atoms with Crippen molar-refractivity contribution < 1.29 is 5.11 Å². The molecule has 0 fully saturated rings. The second kappa shape index (κ2) is 7.02. The van der Waals surface area contributed by atoms with Gasteiger partial charge in [-0.3, -0.25) is 4.98 Å². The van der Waals surface area contributed by atoms with Crippen LogP contribution >= 0.6 is 11.6 Å². The molecule has 1 heterocycles. The van der Waals surface area contributed by atoms with Gasteiger partial charge in [-0.25, -0.2) is 0 Å². The zero-order chi connectivity index (χ0) is 14.5. The molecular formula is C16H21ClN2O. The Labute approximate surface area is 125 Å². The van der Waals surface area contributed by atoms with Gasteiger partial charge in [0, 0.05) is 29.7 Å². The van der Waals surface area contributed by atoms with Crippen molar-refractivity contribution in [2.24, 2.45) is 5.92 Å². The van der Waals surface area contributed by atoms with Crippen LogP contribution in [-0.2, 0) is 6.54 Å². The minimum Gasteiger partial charge on any atom is -0.392 e. The number of rotatable bonds is 6. The molecule has 0 saturated carbocycles. The van der Waals surface area contributed by atoms with Crippen molar-refractivity contribution in [2.45, 2.75) is 32.9 Å². The summed E-state index contributed by atoms with van der Waals surface area (Å²) in [6.45, 7) is 5.42. The molecule has 0 aliphatic rings. The van der Waals surface area contributed by atoms with E-state index in [0.717, 1.165) is 27.9 Å². The highest BCUT2D eigenvalue weighted by atomic mass is 35.5.